The predicted octanol–water partition coefficient (Wildman–Crippen LogP) is 4.40. The first kappa shape index (κ1) is 22.7. The molecule has 0 bridgehead atoms. The van der Waals surface area contributed by atoms with Gasteiger partial charge < -0.3 is 20.4 Å². The summed E-state index contributed by atoms with van der Waals surface area (Å²) in [6.45, 7) is 4.03. The fraction of sp³-hybridized carbons (Fsp3) is 0.440. The van der Waals surface area contributed by atoms with E-state index in [2.05, 4.69) is 27.7 Å². The molecule has 1 saturated heterocycles. The fourth-order valence-electron chi connectivity index (χ4n) is 3.95. The Kier molecular flexibility index (Phi) is 7.93. The molecule has 31 heavy (non-hydrogen) atoms. The largest absolute Gasteiger partial charge is 0.378 e. The van der Waals surface area contributed by atoms with Crippen LogP contribution in [0.5, 0.6) is 0 Å². The number of nitrogens with zero attached hydrogens (tertiary/aromatic N) is 2. The first-order chi connectivity index (χ1) is 14.9. The first-order valence-corrected chi connectivity index (χ1v) is 11.1. The monoisotopic (exact) mass is 422 g/mol. The van der Waals surface area contributed by atoms with Gasteiger partial charge in [0.1, 0.15) is 0 Å². The van der Waals surface area contributed by atoms with Crippen molar-refractivity contribution in [2.75, 3.05) is 37.4 Å². The maximum absolute atomic E-state index is 12.6. The van der Waals surface area contributed by atoms with Crippen LogP contribution in [0.1, 0.15) is 36.8 Å². The van der Waals surface area contributed by atoms with Crippen LogP contribution in [0.4, 0.5) is 16.2 Å². The van der Waals surface area contributed by atoms with Crippen molar-refractivity contribution in [1.82, 2.24) is 10.2 Å². The summed E-state index contributed by atoms with van der Waals surface area (Å²) < 4.78 is 0. The Balaban J connectivity index is 1.40. The van der Waals surface area contributed by atoms with Gasteiger partial charge in [0.15, 0.2) is 0 Å². The smallest absolute Gasteiger partial charge is 0.321 e. The summed E-state index contributed by atoms with van der Waals surface area (Å²) >= 11 is 0. The van der Waals surface area contributed by atoms with Crippen molar-refractivity contribution in [3.63, 3.8) is 0 Å². The van der Waals surface area contributed by atoms with E-state index < -0.39 is 0 Å². The van der Waals surface area contributed by atoms with Gasteiger partial charge in [-0.2, -0.15) is 0 Å². The molecule has 166 valence electrons. The summed E-state index contributed by atoms with van der Waals surface area (Å²) in [6.07, 6.45) is 3.34. The molecule has 0 aliphatic carbocycles. The Morgan fingerprint density at radius 1 is 1.13 bits per heavy atom. The SMILES string of the molecule is Cc1cccc(NC(=O)N2CCCC(CCC(=O)NCc3ccc(N(C)C)cc3)C2)c1. The number of amides is 3. The molecular weight excluding hydrogens is 388 g/mol. The molecule has 1 atom stereocenters. The average molecular weight is 423 g/mol. The minimum Gasteiger partial charge on any atom is -0.378 e. The van der Waals surface area contributed by atoms with Crippen LogP contribution in [0.25, 0.3) is 0 Å². The van der Waals surface area contributed by atoms with Crippen molar-refractivity contribution < 1.29 is 9.59 Å². The first-order valence-electron chi connectivity index (χ1n) is 11.1. The van der Waals surface area contributed by atoms with E-state index >= 15 is 0 Å². The molecule has 6 heteroatoms. The molecule has 3 rings (SSSR count). The lowest BCUT2D eigenvalue weighted by Gasteiger charge is -2.32. The van der Waals surface area contributed by atoms with Crippen molar-refractivity contribution in [3.8, 4) is 0 Å². The van der Waals surface area contributed by atoms with Gasteiger partial charge in [-0.05, 0) is 67.5 Å². The van der Waals surface area contributed by atoms with E-state index in [0.717, 1.165) is 48.3 Å². The van der Waals surface area contributed by atoms with Gasteiger partial charge in [-0.1, -0.05) is 24.3 Å². The standard InChI is InChI=1S/C25H34N4O2/c1-19-6-4-8-22(16-19)27-25(31)29-15-5-7-21(18-29)11-14-24(30)26-17-20-9-12-23(13-10-20)28(2)3/h4,6,8-10,12-13,16,21H,5,7,11,14-15,17-18H2,1-3H3,(H,26,30)(H,27,31). The summed E-state index contributed by atoms with van der Waals surface area (Å²) in [5, 5.41) is 6.01. The summed E-state index contributed by atoms with van der Waals surface area (Å²) in [6, 6.07) is 16.0. The number of urea groups is 1. The van der Waals surface area contributed by atoms with Crippen molar-refractivity contribution >= 4 is 23.3 Å². The second-order valence-electron chi connectivity index (χ2n) is 8.63. The lowest BCUT2D eigenvalue weighted by atomic mass is 9.93. The van der Waals surface area contributed by atoms with Crippen LogP contribution in [0.15, 0.2) is 48.5 Å². The van der Waals surface area contributed by atoms with Crippen LogP contribution in [0.2, 0.25) is 0 Å². The molecule has 2 aromatic rings. The maximum atomic E-state index is 12.6. The van der Waals surface area contributed by atoms with Gasteiger partial charge in [0.25, 0.3) is 0 Å². The molecule has 6 nitrogen and oxygen atoms in total. The zero-order valence-corrected chi connectivity index (χ0v) is 18.9. The number of rotatable bonds is 7. The highest BCUT2D eigenvalue weighted by Gasteiger charge is 2.24. The van der Waals surface area contributed by atoms with Gasteiger partial charge in [0.05, 0.1) is 0 Å². The van der Waals surface area contributed by atoms with Gasteiger partial charge in [-0.25, -0.2) is 4.79 Å². The van der Waals surface area contributed by atoms with E-state index in [0.29, 0.717) is 25.4 Å². The van der Waals surface area contributed by atoms with Gasteiger partial charge in [0, 0.05) is 51.5 Å². The molecule has 0 spiro atoms. The van der Waals surface area contributed by atoms with E-state index in [1.54, 1.807) is 0 Å². The highest BCUT2D eigenvalue weighted by atomic mass is 16.2. The van der Waals surface area contributed by atoms with Crippen LogP contribution >= 0.6 is 0 Å². The Bertz CT molecular complexity index is 879. The maximum Gasteiger partial charge on any atom is 0.321 e. The molecule has 0 saturated carbocycles. The summed E-state index contributed by atoms with van der Waals surface area (Å²) in [5.74, 6) is 0.431. The summed E-state index contributed by atoms with van der Waals surface area (Å²) in [4.78, 5) is 28.9. The van der Waals surface area contributed by atoms with Crippen LogP contribution in [-0.2, 0) is 11.3 Å². The van der Waals surface area contributed by atoms with E-state index in [1.807, 2.05) is 62.3 Å². The average Bonchev–Trinajstić information content (AvgIpc) is 2.76. The highest BCUT2D eigenvalue weighted by molar-refractivity contribution is 5.89. The third-order valence-electron chi connectivity index (χ3n) is 5.80. The zero-order valence-electron chi connectivity index (χ0n) is 18.9. The second-order valence-corrected chi connectivity index (χ2v) is 8.63. The van der Waals surface area contributed by atoms with Crippen LogP contribution in [0, 0.1) is 12.8 Å². The molecule has 0 radical (unpaired) electrons. The summed E-state index contributed by atoms with van der Waals surface area (Å²) in [7, 11) is 4.02. The number of anilines is 2. The molecule has 2 aromatic carbocycles. The normalized spacial score (nSPS) is 16.0. The number of nitrogens with one attached hydrogen (secondary N) is 2. The molecule has 2 N–H and O–H groups in total. The van der Waals surface area contributed by atoms with E-state index in [4.69, 9.17) is 0 Å². The molecular formula is C25H34N4O2. The van der Waals surface area contributed by atoms with E-state index in [9.17, 15) is 9.59 Å². The van der Waals surface area contributed by atoms with Gasteiger partial charge >= 0.3 is 6.03 Å². The topological polar surface area (TPSA) is 64.7 Å². The number of carbonyl (C=O) groups is 2. The quantitative estimate of drug-likeness (QED) is 0.695. The number of likely N-dealkylation sites (tertiary alicyclic amines) is 1. The molecule has 1 unspecified atom stereocenters. The minimum absolute atomic E-state index is 0.0547. The van der Waals surface area contributed by atoms with Crippen LogP contribution in [0.3, 0.4) is 0 Å². The number of benzene rings is 2. The highest BCUT2D eigenvalue weighted by Crippen LogP contribution is 2.22. The third-order valence-corrected chi connectivity index (χ3v) is 5.80. The van der Waals surface area contributed by atoms with Crippen molar-refractivity contribution in [1.29, 1.82) is 0 Å². The molecule has 3 amide bonds. The third kappa shape index (κ3) is 7.02. The van der Waals surface area contributed by atoms with Gasteiger partial charge in [-0.3, -0.25) is 4.79 Å². The lowest BCUT2D eigenvalue weighted by Crippen LogP contribution is -2.42. The predicted molar refractivity (Wildman–Crippen MR) is 126 cm³/mol. The Morgan fingerprint density at radius 2 is 1.90 bits per heavy atom. The van der Waals surface area contributed by atoms with Gasteiger partial charge in [-0.15, -0.1) is 0 Å². The van der Waals surface area contributed by atoms with Crippen molar-refractivity contribution in [2.24, 2.45) is 5.92 Å². The number of aryl methyl sites for hydroxylation is 1. The number of piperidine rings is 1. The number of carbonyl (C=O) groups excluding carboxylic acids is 2. The minimum atomic E-state index is -0.0547. The van der Waals surface area contributed by atoms with Crippen LogP contribution < -0.4 is 15.5 Å². The van der Waals surface area contributed by atoms with E-state index in [1.165, 1.54) is 0 Å². The zero-order chi connectivity index (χ0) is 22.2. The van der Waals surface area contributed by atoms with Crippen molar-refractivity contribution in [2.45, 2.75) is 39.2 Å². The molecule has 1 heterocycles. The molecule has 1 aliphatic heterocycles. The van der Waals surface area contributed by atoms with Crippen LogP contribution in [-0.4, -0.2) is 44.0 Å². The molecule has 1 fully saturated rings. The number of hydrogen-bond acceptors (Lipinski definition) is 3. The Hall–Kier alpha value is -3.02. The Labute approximate surface area is 185 Å². The fourth-order valence-corrected chi connectivity index (χ4v) is 3.95. The van der Waals surface area contributed by atoms with E-state index in [-0.39, 0.29) is 11.9 Å². The second kappa shape index (κ2) is 10.8. The summed E-state index contributed by atoms with van der Waals surface area (Å²) in [5.41, 5.74) is 4.18. The van der Waals surface area contributed by atoms with Crippen molar-refractivity contribution in [3.05, 3.63) is 59.7 Å². The Morgan fingerprint density at radius 3 is 2.61 bits per heavy atom. The lowest BCUT2D eigenvalue weighted by molar-refractivity contribution is -0.121. The molecule has 0 aromatic heterocycles. The molecule has 1 aliphatic rings. The van der Waals surface area contributed by atoms with Gasteiger partial charge in [0.2, 0.25) is 5.91 Å². The number of hydrogen-bond donors (Lipinski definition) is 2.